The van der Waals surface area contributed by atoms with Crippen molar-refractivity contribution < 1.29 is 4.74 Å². The fourth-order valence-corrected chi connectivity index (χ4v) is 2.70. The molecule has 4 heteroatoms. The zero-order valence-corrected chi connectivity index (χ0v) is 12.9. The zero-order valence-electron chi connectivity index (χ0n) is 12.0. The van der Waals surface area contributed by atoms with E-state index in [0.29, 0.717) is 0 Å². The Morgan fingerprint density at radius 1 is 1.00 bits per heavy atom. The minimum absolute atomic E-state index is 0.752. The van der Waals surface area contributed by atoms with Crippen molar-refractivity contribution in [3.63, 3.8) is 0 Å². The predicted octanol–water partition coefficient (Wildman–Crippen LogP) is 4.61. The van der Waals surface area contributed by atoms with Gasteiger partial charge >= 0.3 is 0 Å². The summed E-state index contributed by atoms with van der Waals surface area (Å²) in [7, 11) is 1.66. The molecule has 0 unspecified atom stereocenters. The summed E-state index contributed by atoms with van der Waals surface area (Å²) in [6.07, 6.45) is 2.80. The molecule has 0 fully saturated rings. The number of hydrogen-bond acceptors (Lipinski definition) is 4. The standard InChI is InChI=1S/C17H16N2OS/c1-20-13-8-9-14-16(10-13)19-17(21-2)11-15(18-14)12-6-4-3-5-7-12/h3-10H,11H2,1-2H3. The van der Waals surface area contributed by atoms with E-state index in [0.717, 1.165) is 39.9 Å². The summed E-state index contributed by atoms with van der Waals surface area (Å²) in [5, 5.41) is 1.06. The topological polar surface area (TPSA) is 34.0 Å². The van der Waals surface area contributed by atoms with Crippen LogP contribution in [0.5, 0.6) is 5.75 Å². The summed E-state index contributed by atoms with van der Waals surface area (Å²) < 4.78 is 5.28. The lowest BCUT2D eigenvalue weighted by atomic mass is 10.1. The van der Waals surface area contributed by atoms with Crippen molar-refractivity contribution in [3.8, 4) is 5.75 Å². The Kier molecular flexibility index (Phi) is 4.06. The van der Waals surface area contributed by atoms with Gasteiger partial charge in [-0.15, -0.1) is 11.8 Å². The maximum absolute atomic E-state index is 5.28. The van der Waals surface area contributed by atoms with E-state index in [-0.39, 0.29) is 0 Å². The Morgan fingerprint density at radius 2 is 1.81 bits per heavy atom. The first-order chi connectivity index (χ1) is 10.3. The van der Waals surface area contributed by atoms with Gasteiger partial charge in [0, 0.05) is 12.5 Å². The average Bonchev–Trinajstić information content (AvgIpc) is 2.74. The number of hydrogen-bond donors (Lipinski definition) is 0. The van der Waals surface area contributed by atoms with Crippen molar-refractivity contribution in [1.29, 1.82) is 0 Å². The van der Waals surface area contributed by atoms with E-state index >= 15 is 0 Å². The fraction of sp³-hybridized carbons (Fsp3) is 0.176. The second kappa shape index (κ2) is 6.14. The highest BCUT2D eigenvalue weighted by Crippen LogP contribution is 2.36. The van der Waals surface area contributed by atoms with E-state index < -0.39 is 0 Å². The van der Waals surface area contributed by atoms with Gasteiger partial charge in [-0.1, -0.05) is 30.3 Å². The van der Waals surface area contributed by atoms with Gasteiger partial charge in [-0.3, -0.25) is 4.99 Å². The van der Waals surface area contributed by atoms with E-state index in [4.69, 9.17) is 14.7 Å². The Bertz CT molecular complexity index is 708. The largest absolute Gasteiger partial charge is 0.497 e. The van der Waals surface area contributed by atoms with Gasteiger partial charge < -0.3 is 4.74 Å². The molecule has 0 saturated carbocycles. The van der Waals surface area contributed by atoms with Crippen LogP contribution in [0, 0.1) is 0 Å². The van der Waals surface area contributed by atoms with E-state index in [9.17, 15) is 0 Å². The van der Waals surface area contributed by atoms with E-state index in [2.05, 4.69) is 12.1 Å². The number of fused-ring (bicyclic) bond motifs is 1. The first-order valence-corrected chi connectivity index (χ1v) is 7.95. The van der Waals surface area contributed by atoms with Crippen LogP contribution in [-0.4, -0.2) is 24.1 Å². The summed E-state index contributed by atoms with van der Waals surface area (Å²) >= 11 is 1.66. The highest BCUT2D eigenvalue weighted by molar-refractivity contribution is 8.13. The van der Waals surface area contributed by atoms with Crippen molar-refractivity contribution in [2.75, 3.05) is 13.4 Å². The maximum atomic E-state index is 5.28. The molecule has 0 atom stereocenters. The minimum Gasteiger partial charge on any atom is -0.497 e. The molecule has 2 aromatic carbocycles. The molecule has 0 aromatic heterocycles. The average molecular weight is 296 g/mol. The predicted molar refractivity (Wildman–Crippen MR) is 90.9 cm³/mol. The monoisotopic (exact) mass is 296 g/mol. The number of thioether (sulfide) groups is 1. The van der Waals surface area contributed by atoms with Crippen LogP contribution in [0.2, 0.25) is 0 Å². The Hall–Kier alpha value is -2.07. The summed E-state index contributed by atoms with van der Waals surface area (Å²) in [6.45, 7) is 0. The molecule has 0 N–H and O–H groups in total. The highest BCUT2D eigenvalue weighted by atomic mass is 32.2. The van der Waals surface area contributed by atoms with Gasteiger partial charge in [0.2, 0.25) is 0 Å². The van der Waals surface area contributed by atoms with Gasteiger partial charge in [-0.2, -0.15) is 0 Å². The molecular weight excluding hydrogens is 280 g/mol. The third kappa shape index (κ3) is 3.00. The SMILES string of the molecule is COc1ccc2c(c1)N=C(SC)CC(c1ccccc1)=N2. The molecule has 0 bridgehead atoms. The number of benzene rings is 2. The Morgan fingerprint density at radius 3 is 2.52 bits per heavy atom. The summed E-state index contributed by atoms with van der Waals surface area (Å²) in [5.74, 6) is 0.802. The molecule has 0 radical (unpaired) electrons. The maximum Gasteiger partial charge on any atom is 0.121 e. The first-order valence-electron chi connectivity index (χ1n) is 6.72. The number of rotatable bonds is 2. The number of methoxy groups -OCH3 is 1. The third-order valence-corrected chi connectivity index (χ3v) is 4.05. The van der Waals surface area contributed by atoms with Gasteiger partial charge in [0.05, 0.1) is 29.2 Å². The van der Waals surface area contributed by atoms with E-state index in [1.54, 1.807) is 18.9 Å². The van der Waals surface area contributed by atoms with Crippen molar-refractivity contribution in [2.45, 2.75) is 6.42 Å². The van der Waals surface area contributed by atoms with Gasteiger partial charge in [-0.25, -0.2) is 4.99 Å². The van der Waals surface area contributed by atoms with Gasteiger partial charge in [0.1, 0.15) is 5.75 Å². The molecule has 2 aromatic rings. The van der Waals surface area contributed by atoms with Crippen molar-refractivity contribution in [1.82, 2.24) is 0 Å². The van der Waals surface area contributed by atoms with Crippen LogP contribution >= 0.6 is 11.8 Å². The van der Waals surface area contributed by atoms with Crippen molar-refractivity contribution in [2.24, 2.45) is 9.98 Å². The number of nitrogens with zero attached hydrogens (tertiary/aromatic N) is 2. The van der Waals surface area contributed by atoms with Crippen LogP contribution in [0.4, 0.5) is 11.4 Å². The third-order valence-electron chi connectivity index (χ3n) is 3.34. The second-order valence-corrected chi connectivity index (χ2v) is 5.55. The zero-order chi connectivity index (χ0) is 14.7. The normalized spacial score (nSPS) is 13.8. The van der Waals surface area contributed by atoms with Crippen LogP contribution in [0.3, 0.4) is 0 Å². The molecule has 1 aliphatic heterocycles. The molecule has 3 rings (SSSR count). The van der Waals surface area contributed by atoms with Crippen LogP contribution in [0.1, 0.15) is 12.0 Å². The molecule has 3 nitrogen and oxygen atoms in total. The summed E-state index contributed by atoms with van der Waals surface area (Å²) in [6, 6.07) is 16.1. The van der Waals surface area contributed by atoms with E-state index in [1.807, 2.05) is 42.7 Å². The lowest BCUT2D eigenvalue weighted by Gasteiger charge is -2.05. The molecule has 0 amide bonds. The lowest BCUT2D eigenvalue weighted by Crippen LogP contribution is -2.05. The highest BCUT2D eigenvalue weighted by Gasteiger charge is 2.14. The Labute approximate surface area is 128 Å². The molecule has 1 aliphatic rings. The smallest absolute Gasteiger partial charge is 0.121 e. The van der Waals surface area contributed by atoms with Crippen LogP contribution in [-0.2, 0) is 0 Å². The molecule has 0 spiro atoms. The minimum atomic E-state index is 0.752. The van der Waals surface area contributed by atoms with Gasteiger partial charge in [0.15, 0.2) is 0 Å². The lowest BCUT2D eigenvalue weighted by molar-refractivity contribution is 0.415. The van der Waals surface area contributed by atoms with Crippen molar-refractivity contribution in [3.05, 3.63) is 54.1 Å². The molecule has 21 heavy (non-hydrogen) atoms. The summed E-state index contributed by atoms with van der Waals surface area (Å²) in [4.78, 5) is 9.54. The molecule has 1 heterocycles. The molecule has 106 valence electrons. The Balaban J connectivity index is 2.12. The van der Waals surface area contributed by atoms with Crippen LogP contribution in [0.15, 0.2) is 58.5 Å². The summed E-state index contributed by atoms with van der Waals surface area (Å²) in [5.41, 5.74) is 3.94. The van der Waals surface area contributed by atoms with Gasteiger partial charge in [-0.05, 0) is 24.0 Å². The van der Waals surface area contributed by atoms with Crippen LogP contribution in [0.25, 0.3) is 0 Å². The molecule has 0 saturated heterocycles. The number of aliphatic imine (C=N–C) groups is 2. The van der Waals surface area contributed by atoms with E-state index in [1.165, 1.54) is 0 Å². The first kappa shape index (κ1) is 13.9. The molecule has 0 aliphatic carbocycles. The van der Waals surface area contributed by atoms with Crippen molar-refractivity contribution >= 4 is 33.9 Å². The molecular formula is C17H16N2OS. The van der Waals surface area contributed by atoms with Crippen LogP contribution < -0.4 is 4.74 Å². The quantitative estimate of drug-likeness (QED) is 0.810. The van der Waals surface area contributed by atoms with Gasteiger partial charge in [0.25, 0.3) is 0 Å². The second-order valence-electron chi connectivity index (χ2n) is 4.67. The fourth-order valence-electron chi connectivity index (χ4n) is 2.23. The number of ether oxygens (including phenoxy) is 1.